The average molecular weight is 580 g/mol. The number of anilines is 2. The molecular weight excluding hydrogens is 558 g/mol. The zero-order valence-corrected chi connectivity index (χ0v) is 20.7. The van der Waals surface area contributed by atoms with Crippen LogP contribution in [-0.2, 0) is 12.1 Å². The van der Waals surface area contributed by atoms with E-state index < -0.39 is 41.4 Å². The molecule has 0 amide bonds. The molecule has 3 aromatic carbocycles. The van der Waals surface area contributed by atoms with Crippen molar-refractivity contribution in [2.45, 2.75) is 24.4 Å². The third-order valence-corrected chi connectivity index (χ3v) is 6.50. The van der Waals surface area contributed by atoms with Gasteiger partial charge < -0.3 is 30.6 Å². The van der Waals surface area contributed by atoms with Crippen molar-refractivity contribution in [2.75, 3.05) is 11.9 Å². The lowest BCUT2D eigenvalue weighted by Crippen LogP contribution is -2.43. The van der Waals surface area contributed by atoms with Gasteiger partial charge in [0.25, 0.3) is 0 Å². The van der Waals surface area contributed by atoms with E-state index in [1.54, 1.807) is 6.07 Å². The molecule has 0 bridgehead atoms. The van der Waals surface area contributed by atoms with Crippen LogP contribution in [-0.4, -0.2) is 45.0 Å². The number of halogens is 5. The van der Waals surface area contributed by atoms with Gasteiger partial charge in [-0.1, -0.05) is 28.1 Å². The maximum atomic E-state index is 14.7. The maximum absolute atomic E-state index is 14.7. The number of benzene rings is 3. The van der Waals surface area contributed by atoms with Gasteiger partial charge in [0.2, 0.25) is 5.60 Å². The standard InChI is InChI=1S/C26H22BrF4N3O3/c27-17-2-7-21-22(13-34(24(21)10-17)12-20(36)14-35)25(37,26(29,30)31)16-1-8-23(15(9-16)11-32)33-19-5-3-18(28)4-6-19/h1-11,13,20,32-33,35-37H,12,14H2. The first-order valence-corrected chi connectivity index (χ1v) is 11.8. The van der Waals surface area contributed by atoms with Crippen molar-refractivity contribution < 1.29 is 32.9 Å². The van der Waals surface area contributed by atoms with E-state index >= 15 is 0 Å². The zero-order chi connectivity index (χ0) is 27.0. The third kappa shape index (κ3) is 5.12. The summed E-state index contributed by atoms with van der Waals surface area (Å²) in [6.45, 7) is -0.804. The monoisotopic (exact) mass is 579 g/mol. The lowest BCUT2D eigenvalue weighted by Gasteiger charge is -2.31. The van der Waals surface area contributed by atoms with E-state index in [0.29, 0.717) is 15.7 Å². The molecule has 1 aromatic heterocycles. The van der Waals surface area contributed by atoms with Gasteiger partial charge in [-0.15, -0.1) is 0 Å². The van der Waals surface area contributed by atoms with Crippen LogP contribution in [0.15, 0.2) is 71.3 Å². The maximum Gasteiger partial charge on any atom is 0.425 e. The molecule has 5 N–H and O–H groups in total. The number of aliphatic hydroxyl groups excluding tert-OH is 2. The van der Waals surface area contributed by atoms with Crippen molar-refractivity contribution >= 4 is 44.4 Å². The Morgan fingerprint density at radius 1 is 1.05 bits per heavy atom. The van der Waals surface area contributed by atoms with E-state index in [1.807, 2.05) is 0 Å². The quantitative estimate of drug-likeness (QED) is 0.142. The minimum absolute atomic E-state index is 0.0617. The predicted molar refractivity (Wildman–Crippen MR) is 136 cm³/mol. The van der Waals surface area contributed by atoms with Gasteiger partial charge >= 0.3 is 6.18 Å². The molecule has 0 fully saturated rings. The van der Waals surface area contributed by atoms with Gasteiger partial charge in [0.1, 0.15) is 5.82 Å². The van der Waals surface area contributed by atoms with Gasteiger partial charge in [-0.3, -0.25) is 0 Å². The van der Waals surface area contributed by atoms with Crippen molar-refractivity contribution in [1.82, 2.24) is 4.57 Å². The summed E-state index contributed by atoms with van der Waals surface area (Å²) in [4.78, 5) is 0. The van der Waals surface area contributed by atoms with Gasteiger partial charge in [-0.2, -0.15) is 13.2 Å². The molecule has 4 rings (SSSR count). The number of hydrogen-bond acceptors (Lipinski definition) is 5. The molecule has 4 aromatic rings. The highest BCUT2D eigenvalue weighted by Gasteiger charge is 2.57. The molecule has 0 saturated carbocycles. The van der Waals surface area contributed by atoms with Gasteiger partial charge in [-0.25, -0.2) is 4.39 Å². The molecule has 0 aliphatic rings. The van der Waals surface area contributed by atoms with Crippen LogP contribution in [0.25, 0.3) is 10.9 Å². The Labute approximate surface area is 217 Å². The van der Waals surface area contributed by atoms with Crippen LogP contribution in [0.2, 0.25) is 0 Å². The molecule has 6 nitrogen and oxygen atoms in total. The van der Waals surface area contributed by atoms with Crippen molar-refractivity contribution in [2.24, 2.45) is 0 Å². The number of rotatable bonds is 8. The number of alkyl halides is 3. The fourth-order valence-electron chi connectivity index (χ4n) is 4.17. The second kappa shape index (κ2) is 10.3. The Kier molecular flexibility index (Phi) is 7.43. The second-order valence-corrected chi connectivity index (χ2v) is 9.40. The molecule has 0 saturated heterocycles. The molecular formula is C26H22BrF4N3O3. The number of aromatic nitrogens is 1. The molecule has 0 aliphatic heterocycles. The Hall–Kier alpha value is -3.25. The lowest BCUT2D eigenvalue weighted by atomic mass is 9.84. The van der Waals surface area contributed by atoms with E-state index in [9.17, 15) is 32.9 Å². The number of hydrogen-bond donors (Lipinski definition) is 5. The van der Waals surface area contributed by atoms with Crippen LogP contribution < -0.4 is 5.32 Å². The Balaban J connectivity index is 1.88. The van der Waals surface area contributed by atoms with Crippen molar-refractivity contribution in [3.63, 3.8) is 0 Å². The van der Waals surface area contributed by atoms with E-state index in [1.165, 1.54) is 47.0 Å². The second-order valence-electron chi connectivity index (χ2n) is 8.48. The molecule has 1 heterocycles. The lowest BCUT2D eigenvalue weighted by molar-refractivity contribution is -0.247. The van der Waals surface area contributed by atoms with E-state index in [-0.39, 0.29) is 23.2 Å². The largest absolute Gasteiger partial charge is 0.425 e. The van der Waals surface area contributed by atoms with Crippen molar-refractivity contribution in [3.05, 3.63) is 93.8 Å². The van der Waals surface area contributed by atoms with Gasteiger partial charge in [0, 0.05) is 50.3 Å². The van der Waals surface area contributed by atoms with Crippen molar-refractivity contribution in [1.29, 1.82) is 5.41 Å². The molecule has 37 heavy (non-hydrogen) atoms. The number of nitrogens with one attached hydrogen (secondary N) is 2. The van der Waals surface area contributed by atoms with E-state index in [2.05, 4.69) is 21.2 Å². The first-order chi connectivity index (χ1) is 17.5. The topological polar surface area (TPSA) is 102 Å². The highest BCUT2D eigenvalue weighted by atomic mass is 79.9. The fourth-order valence-corrected chi connectivity index (χ4v) is 4.52. The average Bonchev–Trinajstić information content (AvgIpc) is 3.21. The third-order valence-electron chi connectivity index (χ3n) is 6.01. The number of fused-ring (bicyclic) bond motifs is 1. The summed E-state index contributed by atoms with van der Waals surface area (Å²) in [6, 6.07) is 13.3. The summed E-state index contributed by atoms with van der Waals surface area (Å²) < 4.78 is 59.2. The Morgan fingerprint density at radius 2 is 1.76 bits per heavy atom. The molecule has 0 radical (unpaired) electrons. The zero-order valence-electron chi connectivity index (χ0n) is 19.1. The summed E-state index contributed by atoms with van der Waals surface area (Å²) in [7, 11) is 0. The highest BCUT2D eigenvalue weighted by Crippen LogP contribution is 2.48. The van der Waals surface area contributed by atoms with Crippen LogP contribution in [0, 0.1) is 11.2 Å². The Morgan fingerprint density at radius 3 is 2.38 bits per heavy atom. The molecule has 0 aliphatic carbocycles. The summed E-state index contributed by atoms with van der Waals surface area (Å²) in [6.07, 6.45) is -4.44. The summed E-state index contributed by atoms with van der Waals surface area (Å²) in [5, 5.41) is 41.4. The SMILES string of the molecule is N=Cc1cc(C(O)(c2cn(CC(O)CO)c3cc(Br)ccc23)C(F)(F)F)ccc1Nc1ccc(F)cc1. The smallest absolute Gasteiger partial charge is 0.394 e. The van der Waals surface area contributed by atoms with Gasteiger partial charge in [0.15, 0.2) is 0 Å². The van der Waals surface area contributed by atoms with Crippen LogP contribution in [0.3, 0.4) is 0 Å². The predicted octanol–water partition coefficient (Wildman–Crippen LogP) is 5.44. The van der Waals surface area contributed by atoms with Crippen LogP contribution in [0.5, 0.6) is 0 Å². The molecule has 2 atom stereocenters. The van der Waals surface area contributed by atoms with Crippen LogP contribution in [0.4, 0.5) is 28.9 Å². The summed E-state index contributed by atoms with van der Waals surface area (Å²) in [5.74, 6) is -0.457. The number of aliphatic hydroxyl groups is 3. The fraction of sp³-hybridized carbons (Fsp3) is 0.192. The number of nitrogens with zero attached hydrogens (tertiary/aromatic N) is 1. The van der Waals surface area contributed by atoms with Crippen LogP contribution in [0.1, 0.15) is 16.7 Å². The van der Waals surface area contributed by atoms with E-state index in [4.69, 9.17) is 5.41 Å². The van der Waals surface area contributed by atoms with E-state index in [0.717, 1.165) is 24.5 Å². The molecule has 2 unspecified atom stereocenters. The minimum atomic E-state index is -5.17. The van der Waals surface area contributed by atoms with Crippen LogP contribution >= 0.6 is 15.9 Å². The first-order valence-electron chi connectivity index (χ1n) is 11.0. The molecule has 0 spiro atoms. The minimum Gasteiger partial charge on any atom is -0.394 e. The van der Waals surface area contributed by atoms with Crippen molar-refractivity contribution in [3.8, 4) is 0 Å². The van der Waals surface area contributed by atoms with Gasteiger partial charge in [-0.05, 0) is 54.1 Å². The molecule has 11 heteroatoms. The first kappa shape index (κ1) is 26.8. The normalized spacial score (nSPS) is 14.4. The highest BCUT2D eigenvalue weighted by molar-refractivity contribution is 9.10. The summed E-state index contributed by atoms with van der Waals surface area (Å²) >= 11 is 3.29. The molecule has 194 valence electrons. The van der Waals surface area contributed by atoms with Gasteiger partial charge in [0.05, 0.1) is 19.3 Å². The summed E-state index contributed by atoms with van der Waals surface area (Å²) in [5.41, 5.74) is -3.35. The Bertz CT molecular complexity index is 1440.